The summed E-state index contributed by atoms with van der Waals surface area (Å²) in [7, 11) is 1.97. The van der Waals surface area contributed by atoms with Crippen LogP contribution in [0, 0.1) is 19.7 Å². The molecule has 3 N–H and O–H groups in total. The zero-order valence-electron chi connectivity index (χ0n) is 36.3. The topological polar surface area (TPSA) is 138 Å². The quantitative estimate of drug-likeness (QED) is 0.126. The minimum absolute atomic E-state index is 0.0375. The van der Waals surface area contributed by atoms with E-state index in [-0.39, 0.29) is 23.4 Å². The first-order chi connectivity index (χ1) is 29.5. The van der Waals surface area contributed by atoms with Gasteiger partial charge < -0.3 is 25.4 Å². The molecular formula is C47H60FN9O4. The van der Waals surface area contributed by atoms with Crippen LogP contribution < -0.4 is 20.7 Å². The summed E-state index contributed by atoms with van der Waals surface area (Å²) < 4.78 is 28.0. The Morgan fingerprint density at radius 2 is 1.75 bits per heavy atom. The van der Waals surface area contributed by atoms with Crippen molar-refractivity contribution in [2.24, 2.45) is 0 Å². The van der Waals surface area contributed by atoms with E-state index in [4.69, 9.17) is 9.47 Å². The van der Waals surface area contributed by atoms with Gasteiger partial charge in [0.1, 0.15) is 17.1 Å². The number of ether oxygens (including phenoxy) is 2. The number of morpholine rings is 1. The Hall–Kier alpha value is -5.12. The van der Waals surface area contributed by atoms with Crippen molar-refractivity contribution >= 4 is 17.8 Å². The van der Waals surface area contributed by atoms with Crippen LogP contribution in [-0.4, -0.2) is 112 Å². The lowest BCUT2D eigenvalue weighted by Gasteiger charge is -2.36. The maximum Gasteiger partial charge on any atom is 0.257 e. The third-order valence-electron chi connectivity index (χ3n) is 11.9. The molecular weight excluding hydrogens is 774 g/mol. The highest BCUT2D eigenvalue weighted by Gasteiger charge is 2.26. The highest BCUT2D eigenvalue weighted by atomic mass is 19.1. The number of pyridine rings is 1. The molecule has 2 aromatic carbocycles. The molecule has 3 aliphatic rings. The van der Waals surface area contributed by atoms with E-state index >= 15 is 0 Å². The standard InChI is InChI=1S/C38H51FN6O3.C9H9N3O/c1-25-20-44(21-26(2)42-25)22-28-8-13-35(30(16-28)23-45-14-15-47-24-27(45)3)29-6-5-7-34(17-29)48-38-36(18-31(39)19-41-38)37(46)43-33-11-9-32(40-4)10-12-33;1-6-3-7(2)12-9(11-6)8(5-13)4-10-12/h5-8,13,16-19,25-27,32-33,40,42H,9-12,14-15,20-24H2,1-4H3,(H,43,46);3-5H,1-2H3. The van der Waals surface area contributed by atoms with Crippen molar-refractivity contribution in [3.63, 3.8) is 0 Å². The summed E-state index contributed by atoms with van der Waals surface area (Å²) in [6.45, 7) is 16.7. The molecule has 5 aromatic rings. The molecule has 61 heavy (non-hydrogen) atoms. The fourth-order valence-corrected chi connectivity index (χ4v) is 8.87. The van der Waals surface area contributed by atoms with Gasteiger partial charge in [0.05, 0.1) is 31.2 Å². The van der Waals surface area contributed by atoms with Gasteiger partial charge in [-0.2, -0.15) is 5.10 Å². The number of carbonyl (C=O) groups is 2. The molecule has 3 aromatic heterocycles. The third-order valence-corrected chi connectivity index (χ3v) is 11.9. The van der Waals surface area contributed by atoms with E-state index in [1.165, 1.54) is 23.4 Å². The number of carbonyl (C=O) groups excluding carboxylic acids is 2. The van der Waals surface area contributed by atoms with Crippen molar-refractivity contribution in [2.45, 2.75) is 104 Å². The molecule has 1 aliphatic carbocycles. The fraction of sp³-hybridized carbons (Fsp3) is 0.468. The normalized spacial score (nSPS) is 22.3. The second-order valence-corrected chi connectivity index (χ2v) is 17.0. The van der Waals surface area contributed by atoms with Crippen LogP contribution in [0.1, 0.15) is 89.7 Å². The summed E-state index contributed by atoms with van der Waals surface area (Å²) in [4.78, 5) is 37.4. The van der Waals surface area contributed by atoms with Gasteiger partial charge in [-0.15, -0.1) is 0 Å². The third kappa shape index (κ3) is 11.2. The molecule has 13 nitrogen and oxygen atoms in total. The minimum atomic E-state index is -0.577. The summed E-state index contributed by atoms with van der Waals surface area (Å²) in [6, 6.07) is 19.6. The molecule has 1 amide bonds. The van der Waals surface area contributed by atoms with Gasteiger partial charge in [-0.05, 0) is 114 Å². The molecule has 3 fully saturated rings. The number of piperazine rings is 1. The van der Waals surface area contributed by atoms with Gasteiger partial charge in [-0.3, -0.25) is 19.4 Å². The molecule has 3 unspecified atom stereocenters. The molecule has 0 bridgehead atoms. The minimum Gasteiger partial charge on any atom is -0.438 e. The molecule has 0 radical (unpaired) electrons. The number of hydrogen-bond acceptors (Lipinski definition) is 11. The fourth-order valence-electron chi connectivity index (χ4n) is 8.87. The van der Waals surface area contributed by atoms with Crippen molar-refractivity contribution in [2.75, 3.05) is 39.9 Å². The van der Waals surface area contributed by atoms with E-state index < -0.39 is 5.82 Å². The van der Waals surface area contributed by atoms with Gasteiger partial charge in [0, 0.05) is 74.3 Å². The Balaban J connectivity index is 0.000000366. The molecule has 1 saturated carbocycles. The van der Waals surface area contributed by atoms with Crippen LogP contribution in [0.2, 0.25) is 0 Å². The summed E-state index contributed by atoms with van der Waals surface area (Å²) in [5.41, 5.74) is 7.83. The van der Waals surface area contributed by atoms with Crippen LogP contribution in [-0.2, 0) is 17.8 Å². The predicted molar refractivity (Wildman–Crippen MR) is 235 cm³/mol. The van der Waals surface area contributed by atoms with Gasteiger partial charge in [0.25, 0.3) is 5.91 Å². The lowest BCUT2D eigenvalue weighted by atomic mass is 9.91. The molecule has 5 heterocycles. The summed E-state index contributed by atoms with van der Waals surface area (Å²) in [6.07, 6.45) is 7.11. The van der Waals surface area contributed by atoms with E-state index in [9.17, 15) is 14.0 Å². The van der Waals surface area contributed by atoms with Crippen molar-refractivity contribution in [3.8, 4) is 22.8 Å². The number of halogens is 1. The van der Waals surface area contributed by atoms with Crippen LogP contribution in [0.4, 0.5) is 4.39 Å². The maximum absolute atomic E-state index is 14.4. The van der Waals surface area contributed by atoms with Crippen molar-refractivity contribution in [1.29, 1.82) is 0 Å². The molecule has 2 aliphatic heterocycles. The summed E-state index contributed by atoms with van der Waals surface area (Å²) in [5.74, 6) is -0.320. The Morgan fingerprint density at radius 1 is 0.984 bits per heavy atom. The molecule has 2 saturated heterocycles. The van der Waals surface area contributed by atoms with Gasteiger partial charge in [-0.1, -0.05) is 30.3 Å². The molecule has 3 atom stereocenters. The second-order valence-electron chi connectivity index (χ2n) is 17.0. The second kappa shape index (κ2) is 20.2. The number of aldehydes is 1. The summed E-state index contributed by atoms with van der Waals surface area (Å²) >= 11 is 0. The van der Waals surface area contributed by atoms with Crippen LogP contribution in [0.5, 0.6) is 11.6 Å². The zero-order valence-corrected chi connectivity index (χ0v) is 36.3. The van der Waals surface area contributed by atoms with Crippen molar-refractivity contribution in [3.05, 3.63) is 106 Å². The SMILES string of the molecule is CNC1CCC(NC(=O)c2cc(F)cnc2Oc2cccc(-c3ccc(CN4CC(C)NC(C)C4)cc3CN3CCOCC3C)c2)CC1.Cc1cc(C)n2ncc(C=O)c2n1. The highest BCUT2D eigenvalue weighted by Crippen LogP contribution is 2.33. The predicted octanol–water partition coefficient (Wildman–Crippen LogP) is 6.50. The van der Waals surface area contributed by atoms with Crippen LogP contribution >= 0.6 is 0 Å². The monoisotopic (exact) mass is 833 g/mol. The smallest absolute Gasteiger partial charge is 0.257 e. The average molecular weight is 834 g/mol. The molecule has 0 spiro atoms. The number of benzene rings is 2. The van der Waals surface area contributed by atoms with E-state index in [0.717, 1.165) is 107 Å². The van der Waals surface area contributed by atoms with E-state index in [1.807, 2.05) is 45.2 Å². The largest absolute Gasteiger partial charge is 0.438 e. The average Bonchev–Trinajstić information content (AvgIpc) is 3.66. The molecule has 14 heteroatoms. The van der Waals surface area contributed by atoms with E-state index in [1.54, 1.807) is 4.52 Å². The number of rotatable bonds is 11. The van der Waals surface area contributed by atoms with E-state index in [0.29, 0.717) is 41.1 Å². The maximum atomic E-state index is 14.4. The number of aryl methyl sites for hydroxylation is 2. The molecule has 8 rings (SSSR count). The lowest BCUT2D eigenvalue weighted by Crippen LogP contribution is -2.53. The van der Waals surface area contributed by atoms with Gasteiger partial charge in [0.15, 0.2) is 11.9 Å². The van der Waals surface area contributed by atoms with Gasteiger partial charge in [-0.25, -0.2) is 18.9 Å². The first-order valence-corrected chi connectivity index (χ1v) is 21.6. The lowest BCUT2D eigenvalue weighted by molar-refractivity contribution is -0.00431. The Morgan fingerprint density at radius 3 is 2.49 bits per heavy atom. The highest BCUT2D eigenvalue weighted by molar-refractivity contribution is 5.96. The van der Waals surface area contributed by atoms with Crippen LogP contribution in [0.25, 0.3) is 16.8 Å². The molecule has 324 valence electrons. The number of hydrogen-bond donors (Lipinski definition) is 3. The van der Waals surface area contributed by atoms with Crippen molar-refractivity contribution < 1.29 is 23.5 Å². The zero-order chi connectivity index (χ0) is 43.0. The first-order valence-electron chi connectivity index (χ1n) is 21.6. The number of amides is 1. The van der Waals surface area contributed by atoms with Crippen LogP contribution in [0.15, 0.2) is 67.0 Å². The van der Waals surface area contributed by atoms with Gasteiger partial charge >= 0.3 is 0 Å². The van der Waals surface area contributed by atoms with E-state index in [2.05, 4.69) is 85.9 Å². The Bertz CT molecular complexity index is 2280. The number of nitrogens with zero attached hydrogens (tertiary/aromatic N) is 6. The number of nitrogens with one attached hydrogen (secondary N) is 3. The number of fused-ring (bicyclic) bond motifs is 1. The Kier molecular flexibility index (Phi) is 14.5. The van der Waals surface area contributed by atoms with Crippen LogP contribution in [0.3, 0.4) is 0 Å². The number of aromatic nitrogens is 4. The summed E-state index contributed by atoms with van der Waals surface area (Å²) in [5, 5.41) is 14.1. The van der Waals surface area contributed by atoms with Gasteiger partial charge in [0.2, 0.25) is 5.88 Å². The first kappa shape index (κ1) is 44.0. The Labute approximate surface area is 358 Å². The van der Waals surface area contributed by atoms with Crippen molar-refractivity contribution in [1.82, 2.24) is 45.3 Å².